The molecule has 0 saturated heterocycles. The summed E-state index contributed by atoms with van der Waals surface area (Å²) in [5.74, 6) is 0. The van der Waals surface area contributed by atoms with Crippen molar-refractivity contribution in [3.8, 4) is 0 Å². The number of nitrogens with one attached hydrogen (secondary N) is 1. The van der Waals surface area contributed by atoms with Gasteiger partial charge in [-0.15, -0.1) is 0 Å². The van der Waals surface area contributed by atoms with Crippen molar-refractivity contribution in [2.24, 2.45) is 0 Å². The molecule has 0 saturated carbocycles. The Morgan fingerprint density at radius 3 is 2.44 bits per heavy atom. The summed E-state index contributed by atoms with van der Waals surface area (Å²) >= 11 is 0. The van der Waals surface area contributed by atoms with Gasteiger partial charge in [0.2, 0.25) is 0 Å². The van der Waals surface area contributed by atoms with E-state index in [0.717, 1.165) is 25.1 Å². The van der Waals surface area contributed by atoms with Crippen LogP contribution in [0.5, 0.6) is 0 Å². The van der Waals surface area contributed by atoms with Crippen LogP contribution in [0.2, 0.25) is 0 Å². The first-order valence-corrected chi connectivity index (χ1v) is 6.07. The second-order valence-electron chi connectivity index (χ2n) is 5.14. The molecule has 0 amide bonds. The van der Waals surface area contributed by atoms with E-state index in [4.69, 9.17) is 0 Å². The first-order chi connectivity index (χ1) is 7.50. The van der Waals surface area contributed by atoms with Crippen molar-refractivity contribution in [3.63, 3.8) is 0 Å². The average Bonchev–Trinajstić information content (AvgIpc) is 2.56. The topological polar surface area (TPSA) is 41.0 Å². The fourth-order valence-electron chi connectivity index (χ4n) is 2.37. The number of aromatic amines is 1. The maximum absolute atomic E-state index is 11.9. The van der Waals surface area contributed by atoms with E-state index in [1.807, 2.05) is 4.68 Å². The molecule has 0 bridgehead atoms. The van der Waals surface area contributed by atoms with Gasteiger partial charge in [-0.1, -0.05) is 0 Å². The monoisotopic (exact) mass is 223 g/mol. The number of nitrogens with zero attached hydrogens (tertiary/aromatic N) is 2. The van der Waals surface area contributed by atoms with Crippen LogP contribution >= 0.6 is 0 Å². The summed E-state index contributed by atoms with van der Waals surface area (Å²) in [7, 11) is 0. The lowest BCUT2D eigenvalue weighted by Crippen LogP contribution is -2.37. The van der Waals surface area contributed by atoms with Crippen molar-refractivity contribution in [3.05, 3.63) is 21.6 Å². The third-order valence-corrected chi connectivity index (χ3v) is 3.38. The molecule has 0 unspecified atom stereocenters. The van der Waals surface area contributed by atoms with Crippen molar-refractivity contribution in [1.29, 1.82) is 0 Å². The Balaban J connectivity index is 2.37. The minimum absolute atomic E-state index is 0.0917. The highest BCUT2D eigenvalue weighted by Gasteiger charge is 2.24. The van der Waals surface area contributed by atoms with E-state index in [0.29, 0.717) is 12.1 Å². The molecule has 1 aromatic rings. The number of hydrogen-bond acceptors (Lipinski definition) is 2. The lowest BCUT2D eigenvalue weighted by atomic mass is 10.1. The zero-order valence-electron chi connectivity index (χ0n) is 10.6. The van der Waals surface area contributed by atoms with Crippen LogP contribution in [-0.2, 0) is 13.0 Å². The molecule has 0 atom stereocenters. The van der Waals surface area contributed by atoms with E-state index < -0.39 is 0 Å². The number of aromatic nitrogens is 2. The molecule has 4 nitrogen and oxygen atoms in total. The van der Waals surface area contributed by atoms with E-state index >= 15 is 0 Å². The van der Waals surface area contributed by atoms with Gasteiger partial charge in [0.05, 0.1) is 5.56 Å². The van der Waals surface area contributed by atoms with E-state index in [1.165, 1.54) is 5.69 Å². The summed E-state index contributed by atoms with van der Waals surface area (Å²) in [5, 5.41) is 2.95. The minimum Gasteiger partial charge on any atom is -0.296 e. The predicted molar refractivity (Wildman–Crippen MR) is 64.7 cm³/mol. The Morgan fingerprint density at radius 2 is 1.88 bits per heavy atom. The highest BCUT2D eigenvalue weighted by molar-refractivity contribution is 5.21. The SMILES string of the molecule is CC(C)N1CCc2c(c(=O)[nH]n2C(C)C)C1. The lowest BCUT2D eigenvalue weighted by molar-refractivity contribution is 0.200. The van der Waals surface area contributed by atoms with E-state index in [9.17, 15) is 4.79 Å². The third kappa shape index (κ3) is 1.82. The van der Waals surface area contributed by atoms with Crippen molar-refractivity contribution >= 4 is 0 Å². The van der Waals surface area contributed by atoms with Crippen LogP contribution in [0.15, 0.2) is 4.79 Å². The summed E-state index contributed by atoms with van der Waals surface area (Å²) in [6.45, 7) is 10.4. The zero-order chi connectivity index (χ0) is 11.9. The molecule has 4 heteroatoms. The van der Waals surface area contributed by atoms with Gasteiger partial charge in [0, 0.05) is 37.3 Å². The molecular weight excluding hydrogens is 202 g/mol. The molecule has 2 rings (SSSR count). The maximum Gasteiger partial charge on any atom is 0.268 e. The average molecular weight is 223 g/mol. The van der Waals surface area contributed by atoms with Crippen molar-refractivity contribution in [2.75, 3.05) is 6.54 Å². The van der Waals surface area contributed by atoms with Crippen LogP contribution in [0.4, 0.5) is 0 Å². The highest BCUT2D eigenvalue weighted by Crippen LogP contribution is 2.19. The van der Waals surface area contributed by atoms with Crippen molar-refractivity contribution < 1.29 is 0 Å². The second kappa shape index (κ2) is 4.09. The van der Waals surface area contributed by atoms with Crippen LogP contribution in [0, 0.1) is 0 Å². The molecule has 0 aromatic carbocycles. The van der Waals surface area contributed by atoms with Gasteiger partial charge in [-0.05, 0) is 27.7 Å². The molecule has 0 aliphatic carbocycles. The number of rotatable bonds is 2. The molecule has 1 N–H and O–H groups in total. The molecule has 2 heterocycles. The molecule has 90 valence electrons. The summed E-state index contributed by atoms with van der Waals surface area (Å²) in [6.07, 6.45) is 0.977. The highest BCUT2D eigenvalue weighted by atomic mass is 16.1. The zero-order valence-corrected chi connectivity index (χ0v) is 10.6. The first-order valence-electron chi connectivity index (χ1n) is 6.07. The predicted octanol–water partition coefficient (Wildman–Crippen LogP) is 1.52. The van der Waals surface area contributed by atoms with Crippen LogP contribution in [0.1, 0.15) is 45.0 Å². The van der Waals surface area contributed by atoms with Gasteiger partial charge in [-0.2, -0.15) is 0 Å². The summed E-state index contributed by atoms with van der Waals surface area (Å²) in [5.41, 5.74) is 2.26. The molecule has 0 fully saturated rings. The molecule has 16 heavy (non-hydrogen) atoms. The van der Waals surface area contributed by atoms with Gasteiger partial charge in [-0.25, -0.2) is 0 Å². The maximum atomic E-state index is 11.9. The van der Waals surface area contributed by atoms with E-state index in [1.54, 1.807) is 0 Å². The fourth-order valence-corrected chi connectivity index (χ4v) is 2.37. The normalized spacial score (nSPS) is 17.1. The van der Waals surface area contributed by atoms with Gasteiger partial charge in [0.25, 0.3) is 5.56 Å². The number of H-pyrrole nitrogens is 1. The smallest absolute Gasteiger partial charge is 0.268 e. The van der Waals surface area contributed by atoms with Crippen LogP contribution in [0.25, 0.3) is 0 Å². The lowest BCUT2D eigenvalue weighted by Gasteiger charge is -2.30. The van der Waals surface area contributed by atoms with Gasteiger partial charge in [0.1, 0.15) is 0 Å². The van der Waals surface area contributed by atoms with E-state index in [2.05, 4.69) is 37.7 Å². The first kappa shape index (κ1) is 11.5. The van der Waals surface area contributed by atoms with Crippen molar-refractivity contribution in [1.82, 2.24) is 14.7 Å². The van der Waals surface area contributed by atoms with Gasteiger partial charge < -0.3 is 0 Å². The van der Waals surface area contributed by atoms with Gasteiger partial charge in [-0.3, -0.25) is 19.5 Å². The largest absolute Gasteiger partial charge is 0.296 e. The summed E-state index contributed by atoms with van der Waals surface area (Å²) in [6, 6.07) is 0.844. The molecule has 0 radical (unpaired) electrons. The second-order valence-corrected chi connectivity index (χ2v) is 5.14. The van der Waals surface area contributed by atoms with E-state index in [-0.39, 0.29) is 5.56 Å². The Morgan fingerprint density at radius 1 is 1.19 bits per heavy atom. The van der Waals surface area contributed by atoms with Crippen LogP contribution in [0.3, 0.4) is 0 Å². The fraction of sp³-hybridized carbons (Fsp3) is 0.750. The molecule has 0 spiro atoms. The van der Waals surface area contributed by atoms with Gasteiger partial charge in [0.15, 0.2) is 0 Å². The Bertz CT molecular complexity index is 428. The van der Waals surface area contributed by atoms with Crippen LogP contribution < -0.4 is 5.56 Å². The Kier molecular flexibility index (Phi) is 2.93. The van der Waals surface area contributed by atoms with Crippen LogP contribution in [-0.4, -0.2) is 27.3 Å². The minimum atomic E-state index is 0.0917. The molecular formula is C12H21N3O. The molecule has 1 aliphatic rings. The Labute approximate surface area is 96.2 Å². The molecule has 1 aromatic heterocycles. The third-order valence-electron chi connectivity index (χ3n) is 3.38. The standard InChI is InChI=1S/C12H21N3O/c1-8(2)14-6-5-11-10(7-14)12(16)13-15(11)9(3)4/h8-9H,5-7H2,1-4H3,(H,13,16). The van der Waals surface area contributed by atoms with Gasteiger partial charge >= 0.3 is 0 Å². The Hall–Kier alpha value is -1.03. The number of hydrogen-bond donors (Lipinski definition) is 1. The summed E-state index contributed by atoms with van der Waals surface area (Å²) < 4.78 is 2.02. The van der Waals surface area contributed by atoms with Crippen molar-refractivity contribution in [2.45, 2.75) is 52.7 Å². The molecule has 1 aliphatic heterocycles. The summed E-state index contributed by atoms with van der Waals surface area (Å²) in [4.78, 5) is 14.2. The number of fused-ring (bicyclic) bond motifs is 1. The quantitative estimate of drug-likeness (QED) is 0.826.